The van der Waals surface area contributed by atoms with Crippen molar-refractivity contribution in [3.05, 3.63) is 35.9 Å². The molecular weight excluding hydrogens is 369 g/mol. The van der Waals surface area contributed by atoms with E-state index in [1.807, 2.05) is 24.9 Å². The van der Waals surface area contributed by atoms with Gasteiger partial charge in [-0.25, -0.2) is 9.97 Å². The smallest absolute Gasteiger partial charge is 0.188 e. The van der Waals surface area contributed by atoms with Crippen molar-refractivity contribution in [1.29, 1.82) is 0 Å². The number of hydrogen-bond acceptors (Lipinski definition) is 4. The molecule has 0 radical (unpaired) electrons. The first-order valence-corrected chi connectivity index (χ1v) is 8.49. The maximum atomic E-state index is 5.83. The number of imidazole rings is 2. The normalized spacial score (nSPS) is 10.8. The third-order valence-electron chi connectivity index (χ3n) is 3.17. The molecule has 0 saturated heterocycles. The van der Waals surface area contributed by atoms with Crippen LogP contribution in [0.15, 0.2) is 23.8 Å². The van der Waals surface area contributed by atoms with Gasteiger partial charge < -0.3 is 21.0 Å². The molecule has 7 nitrogen and oxygen atoms in total. The number of hydrogen-bond donors (Lipinski definition) is 4. The van der Waals surface area contributed by atoms with Gasteiger partial charge in [0.25, 0.3) is 0 Å². The zero-order valence-corrected chi connectivity index (χ0v) is 16.1. The van der Waals surface area contributed by atoms with Gasteiger partial charge in [-0.05, 0) is 19.8 Å². The SMILES string of the molecule is Cc1[nH]cnc1CSCCNC(N)=NCCCc1cnc[nH]1.Cl.Cl. The standard InChI is InChI=1S/C14H23N7S.2ClH/c1-11-13(21-10-19-11)8-22-6-5-18-14(15)17-4-2-3-12-7-16-9-20-12;;/h7,9-10H,2-6,8H2,1H3,(H,16,20)(H,19,21)(H3,15,17,18);2*1H. The first-order chi connectivity index (χ1) is 10.8. The number of nitrogens with zero attached hydrogens (tertiary/aromatic N) is 3. The molecule has 24 heavy (non-hydrogen) atoms. The molecule has 0 saturated carbocycles. The minimum absolute atomic E-state index is 0. The lowest BCUT2D eigenvalue weighted by Gasteiger charge is -2.05. The van der Waals surface area contributed by atoms with E-state index in [-0.39, 0.29) is 24.8 Å². The predicted molar refractivity (Wildman–Crippen MR) is 105 cm³/mol. The lowest BCUT2D eigenvalue weighted by atomic mass is 10.2. The average Bonchev–Trinajstić information content (AvgIpc) is 3.15. The number of H-pyrrole nitrogens is 2. The van der Waals surface area contributed by atoms with E-state index in [9.17, 15) is 0 Å². The fraction of sp³-hybridized carbons (Fsp3) is 0.500. The second-order valence-corrected chi connectivity index (χ2v) is 6.01. The second kappa shape index (κ2) is 13.0. The predicted octanol–water partition coefficient (Wildman–Crippen LogP) is 2.06. The van der Waals surface area contributed by atoms with E-state index in [1.54, 1.807) is 12.7 Å². The highest BCUT2D eigenvalue weighted by atomic mass is 35.5. The molecule has 0 bridgehead atoms. The third kappa shape index (κ3) is 8.47. The molecular formula is C14H25Cl2N7S. The molecule has 136 valence electrons. The number of halogens is 2. The molecule has 0 aliphatic heterocycles. The molecule has 0 aliphatic carbocycles. The van der Waals surface area contributed by atoms with Gasteiger partial charge in [-0.3, -0.25) is 4.99 Å². The van der Waals surface area contributed by atoms with Crippen LogP contribution in [-0.2, 0) is 12.2 Å². The monoisotopic (exact) mass is 393 g/mol. The Hall–Kier alpha value is -1.38. The minimum atomic E-state index is 0. The number of aryl methyl sites for hydroxylation is 2. The maximum absolute atomic E-state index is 5.83. The molecule has 0 aliphatic rings. The van der Waals surface area contributed by atoms with Gasteiger partial charge >= 0.3 is 0 Å². The van der Waals surface area contributed by atoms with E-state index in [0.717, 1.165) is 54.5 Å². The van der Waals surface area contributed by atoms with Crippen LogP contribution >= 0.6 is 36.6 Å². The van der Waals surface area contributed by atoms with Crippen LogP contribution in [0.5, 0.6) is 0 Å². The average molecular weight is 394 g/mol. The Bertz CT molecular complexity index is 571. The first-order valence-electron chi connectivity index (χ1n) is 7.33. The van der Waals surface area contributed by atoms with E-state index in [4.69, 9.17) is 5.73 Å². The van der Waals surface area contributed by atoms with Crippen LogP contribution < -0.4 is 11.1 Å². The van der Waals surface area contributed by atoms with Crippen LogP contribution in [0.3, 0.4) is 0 Å². The van der Waals surface area contributed by atoms with Crippen molar-refractivity contribution < 1.29 is 0 Å². The number of nitrogens with two attached hydrogens (primary N) is 1. The van der Waals surface area contributed by atoms with Crippen LogP contribution in [-0.4, -0.2) is 44.7 Å². The van der Waals surface area contributed by atoms with Crippen molar-refractivity contribution in [3.8, 4) is 0 Å². The third-order valence-corrected chi connectivity index (χ3v) is 4.14. The van der Waals surface area contributed by atoms with Gasteiger partial charge in [-0.15, -0.1) is 24.8 Å². The Morgan fingerprint density at radius 2 is 2.17 bits per heavy atom. The molecule has 0 aromatic carbocycles. The quantitative estimate of drug-likeness (QED) is 0.296. The van der Waals surface area contributed by atoms with Crippen molar-refractivity contribution >= 4 is 42.5 Å². The molecule has 2 heterocycles. The van der Waals surface area contributed by atoms with E-state index in [2.05, 4.69) is 30.2 Å². The van der Waals surface area contributed by atoms with Crippen molar-refractivity contribution in [1.82, 2.24) is 25.3 Å². The zero-order valence-electron chi connectivity index (χ0n) is 13.6. The van der Waals surface area contributed by atoms with Crippen LogP contribution in [0.2, 0.25) is 0 Å². The number of nitrogens with one attached hydrogen (secondary N) is 3. The number of rotatable bonds is 9. The van der Waals surface area contributed by atoms with E-state index in [0.29, 0.717) is 5.96 Å². The molecule has 10 heteroatoms. The number of aromatic amines is 2. The minimum Gasteiger partial charge on any atom is -0.370 e. The highest BCUT2D eigenvalue weighted by Crippen LogP contribution is 2.11. The number of thioether (sulfide) groups is 1. The molecule has 0 atom stereocenters. The van der Waals surface area contributed by atoms with Crippen LogP contribution in [0.1, 0.15) is 23.5 Å². The highest BCUT2D eigenvalue weighted by molar-refractivity contribution is 7.98. The summed E-state index contributed by atoms with van der Waals surface area (Å²) >= 11 is 1.83. The lowest BCUT2D eigenvalue weighted by Crippen LogP contribution is -2.33. The highest BCUT2D eigenvalue weighted by Gasteiger charge is 2.00. The lowest BCUT2D eigenvalue weighted by molar-refractivity contribution is 0.806. The fourth-order valence-electron chi connectivity index (χ4n) is 1.90. The molecule has 0 amide bonds. The van der Waals surface area contributed by atoms with Gasteiger partial charge in [0.05, 0.1) is 18.3 Å². The summed E-state index contributed by atoms with van der Waals surface area (Å²) in [6.07, 6.45) is 7.16. The molecule has 0 fully saturated rings. The van der Waals surface area contributed by atoms with Crippen molar-refractivity contribution in [2.45, 2.75) is 25.5 Å². The van der Waals surface area contributed by atoms with Crippen molar-refractivity contribution in [2.75, 3.05) is 18.8 Å². The van der Waals surface area contributed by atoms with Crippen LogP contribution in [0, 0.1) is 6.92 Å². The molecule has 2 rings (SSSR count). The van der Waals surface area contributed by atoms with Gasteiger partial charge in [-0.2, -0.15) is 11.8 Å². The topological polar surface area (TPSA) is 108 Å². The molecule has 2 aromatic rings. The van der Waals surface area contributed by atoms with Crippen LogP contribution in [0.25, 0.3) is 0 Å². The van der Waals surface area contributed by atoms with E-state index >= 15 is 0 Å². The summed E-state index contributed by atoms with van der Waals surface area (Å²) in [4.78, 5) is 18.7. The molecule has 0 spiro atoms. The van der Waals surface area contributed by atoms with Gasteiger partial charge in [0.2, 0.25) is 0 Å². The first kappa shape index (κ1) is 22.6. The van der Waals surface area contributed by atoms with Gasteiger partial charge in [0, 0.05) is 42.2 Å². The number of guanidine groups is 1. The Balaban J connectivity index is 0.00000264. The number of aromatic nitrogens is 4. The van der Waals surface area contributed by atoms with Crippen LogP contribution in [0.4, 0.5) is 0 Å². The Kier molecular flexibility index (Phi) is 12.2. The van der Waals surface area contributed by atoms with E-state index in [1.165, 1.54) is 0 Å². The van der Waals surface area contributed by atoms with Crippen molar-refractivity contribution in [2.24, 2.45) is 10.7 Å². The summed E-state index contributed by atoms with van der Waals surface area (Å²) in [6.45, 7) is 3.57. The van der Waals surface area contributed by atoms with Gasteiger partial charge in [-0.1, -0.05) is 0 Å². The Morgan fingerprint density at radius 3 is 2.83 bits per heavy atom. The summed E-state index contributed by atoms with van der Waals surface area (Å²) in [5.74, 6) is 2.40. The maximum Gasteiger partial charge on any atom is 0.188 e. The van der Waals surface area contributed by atoms with Gasteiger partial charge in [0.15, 0.2) is 5.96 Å². The van der Waals surface area contributed by atoms with Gasteiger partial charge in [0.1, 0.15) is 0 Å². The number of aliphatic imine (C=N–C) groups is 1. The van der Waals surface area contributed by atoms with Crippen molar-refractivity contribution in [3.63, 3.8) is 0 Å². The van der Waals surface area contributed by atoms with E-state index < -0.39 is 0 Å². The summed E-state index contributed by atoms with van der Waals surface area (Å²) in [5, 5.41) is 3.13. The fourth-order valence-corrected chi connectivity index (χ4v) is 2.77. The zero-order chi connectivity index (χ0) is 15.6. The largest absolute Gasteiger partial charge is 0.370 e. The molecule has 5 N–H and O–H groups in total. The summed E-state index contributed by atoms with van der Waals surface area (Å²) in [6, 6.07) is 0. The second-order valence-electron chi connectivity index (χ2n) is 4.90. The Morgan fingerprint density at radius 1 is 1.33 bits per heavy atom. The molecule has 2 aromatic heterocycles. The molecule has 0 unspecified atom stereocenters. The summed E-state index contributed by atoms with van der Waals surface area (Å²) in [7, 11) is 0. The summed E-state index contributed by atoms with van der Waals surface area (Å²) in [5.41, 5.74) is 9.21. The Labute approximate surface area is 158 Å². The summed E-state index contributed by atoms with van der Waals surface area (Å²) < 4.78 is 0.